The van der Waals surface area contributed by atoms with E-state index in [0.29, 0.717) is 0 Å². The molecule has 0 aliphatic rings. The lowest BCUT2D eigenvalue weighted by atomic mass is 9.88. The molecule has 0 radical (unpaired) electrons. The van der Waals surface area contributed by atoms with E-state index >= 15 is 0 Å². The first kappa shape index (κ1) is 11.1. The molecule has 2 atom stereocenters. The minimum absolute atomic E-state index is 0.0311. The largest absolute Gasteiger partial charge is 0.359 e. The SMILES string of the molecule is CCC(C=O)C(CC)C(=O)NC. The van der Waals surface area contributed by atoms with Crippen LogP contribution in [0.3, 0.4) is 0 Å². The molecule has 2 unspecified atom stereocenters. The number of carbonyl (C=O) groups excluding carboxylic acids is 2. The number of rotatable bonds is 5. The molecular weight excluding hydrogens is 154 g/mol. The van der Waals surface area contributed by atoms with E-state index in [1.807, 2.05) is 13.8 Å². The second kappa shape index (κ2) is 5.75. The van der Waals surface area contributed by atoms with Gasteiger partial charge in [0.2, 0.25) is 5.91 Å². The minimum atomic E-state index is -0.155. The molecule has 0 bridgehead atoms. The van der Waals surface area contributed by atoms with E-state index in [2.05, 4.69) is 5.32 Å². The monoisotopic (exact) mass is 171 g/mol. The molecule has 0 fully saturated rings. The summed E-state index contributed by atoms with van der Waals surface area (Å²) in [5, 5.41) is 2.57. The maximum atomic E-state index is 11.2. The predicted octanol–water partition coefficient (Wildman–Crippen LogP) is 0.984. The highest BCUT2D eigenvalue weighted by atomic mass is 16.2. The second-order valence-electron chi connectivity index (χ2n) is 2.84. The zero-order valence-corrected chi connectivity index (χ0v) is 7.96. The van der Waals surface area contributed by atoms with E-state index < -0.39 is 0 Å². The summed E-state index contributed by atoms with van der Waals surface area (Å²) in [4.78, 5) is 21.8. The Morgan fingerprint density at radius 1 is 1.42 bits per heavy atom. The number of amides is 1. The van der Waals surface area contributed by atoms with E-state index in [0.717, 1.165) is 19.1 Å². The smallest absolute Gasteiger partial charge is 0.223 e. The number of nitrogens with one attached hydrogen (secondary N) is 1. The Morgan fingerprint density at radius 2 is 2.00 bits per heavy atom. The Labute approximate surface area is 73.5 Å². The summed E-state index contributed by atoms with van der Waals surface area (Å²) in [6, 6.07) is 0. The second-order valence-corrected chi connectivity index (χ2v) is 2.84. The van der Waals surface area contributed by atoms with Crippen molar-refractivity contribution in [3.8, 4) is 0 Å². The highest BCUT2D eigenvalue weighted by molar-refractivity contribution is 5.81. The number of hydrogen-bond donors (Lipinski definition) is 1. The molecule has 0 aromatic heterocycles. The van der Waals surface area contributed by atoms with Crippen LogP contribution in [0.25, 0.3) is 0 Å². The van der Waals surface area contributed by atoms with E-state index in [-0.39, 0.29) is 17.7 Å². The van der Waals surface area contributed by atoms with Gasteiger partial charge in [-0.3, -0.25) is 4.79 Å². The Kier molecular flexibility index (Phi) is 5.34. The van der Waals surface area contributed by atoms with Crippen LogP contribution in [0.15, 0.2) is 0 Å². The lowest BCUT2D eigenvalue weighted by Crippen LogP contribution is -2.32. The van der Waals surface area contributed by atoms with Crippen molar-refractivity contribution in [1.82, 2.24) is 5.32 Å². The van der Waals surface area contributed by atoms with Crippen LogP contribution in [0, 0.1) is 11.8 Å². The molecule has 3 heteroatoms. The van der Waals surface area contributed by atoms with Crippen molar-refractivity contribution in [2.45, 2.75) is 26.7 Å². The Morgan fingerprint density at radius 3 is 2.25 bits per heavy atom. The molecular formula is C9H17NO2. The van der Waals surface area contributed by atoms with Crippen molar-refractivity contribution in [3.05, 3.63) is 0 Å². The van der Waals surface area contributed by atoms with E-state index in [1.165, 1.54) is 0 Å². The van der Waals surface area contributed by atoms with Crippen LogP contribution < -0.4 is 5.32 Å². The molecule has 0 saturated carbocycles. The van der Waals surface area contributed by atoms with E-state index in [1.54, 1.807) is 7.05 Å². The summed E-state index contributed by atoms with van der Waals surface area (Å²) < 4.78 is 0. The van der Waals surface area contributed by atoms with Crippen molar-refractivity contribution in [2.75, 3.05) is 7.05 Å². The molecule has 0 aliphatic carbocycles. The fourth-order valence-corrected chi connectivity index (χ4v) is 1.34. The van der Waals surface area contributed by atoms with Crippen molar-refractivity contribution in [1.29, 1.82) is 0 Å². The maximum absolute atomic E-state index is 11.2. The summed E-state index contributed by atoms with van der Waals surface area (Å²) in [5.74, 6) is -0.316. The molecule has 0 spiro atoms. The summed E-state index contributed by atoms with van der Waals surface area (Å²) in [7, 11) is 1.60. The van der Waals surface area contributed by atoms with Gasteiger partial charge in [0.1, 0.15) is 6.29 Å². The molecule has 0 saturated heterocycles. The first-order chi connectivity index (χ1) is 5.71. The van der Waals surface area contributed by atoms with Crippen LogP contribution in [0.2, 0.25) is 0 Å². The molecule has 70 valence electrons. The van der Waals surface area contributed by atoms with Crippen LogP contribution in [0.4, 0.5) is 0 Å². The average molecular weight is 171 g/mol. The first-order valence-corrected chi connectivity index (χ1v) is 4.38. The third kappa shape index (κ3) is 2.64. The maximum Gasteiger partial charge on any atom is 0.223 e. The molecule has 1 amide bonds. The quantitative estimate of drug-likeness (QED) is 0.627. The summed E-state index contributed by atoms with van der Waals surface area (Å²) >= 11 is 0. The Hall–Kier alpha value is -0.860. The Balaban J connectivity index is 4.29. The van der Waals surface area contributed by atoms with E-state index in [4.69, 9.17) is 0 Å². The lowest BCUT2D eigenvalue weighted by molar-refractivity contribution is -0.129. The standard InChI is InChI=1S/C9H17NO2/c1-4-7(6-11)8(5-2)9(12)10-3/h6-8H,4-5H2,1-3H3,(H,10,12). The van der Waals surface area contributed by atoms with Crippen molar-refractivity contribution >= 4 is 12.2 Å². The van der Waals surface area contributed by atoms with Gasteiger partial charge in [0.05, 0.1) is 0 Å². The van der Waals surface area contributed by atoms with Gasteiger partial charge in [-0.05, 0) is 12.8 Å². The summed E-state index contributed by atoms with van der Waals surface area (Å²) in [5.41, 5.74) is 0. The molecule has 3 nitrogen and oxygen atoms in total. The van der Waals surface area contributed by atoms with Crippen molar-refractivity contribution in [3.63, 3.8) is 0 Å². The predicted molar refractivity (Wildman–Crippen MR) is 47.7 cm³/mol. The topological polar surface area (TPSA) is 46.2 Å². The van der Waals surface area contributed by atoms with Crippen LogP contribution in [0.1, 0.15) is 26.7 Å². The average Bonchev–Trinajstić information content (AvgIpc) is 2.12. The molecule has 0 aromatic rings. The van der Waals surface area contributed by atoms with Gasteiger partial charge in [-0.25, -0.2) is 0 Å². The van der Waals surface area contributed by atoms with E-state index in [9.17, 15) is 9.59 Å². The minimum Gasteiger partial charge on any atom is -0.359 e. The fourth-order valence-electron chi connectivity index (χ4n) is 1.34. The third-order valence-corrected chi connectivity index (χ3v) is 2.19. The van der Waals surface area contributed by atoms with Crippen molar-refractivity contribution < 1.29 is 9.59 Å². The molecule has 0 heterocycles. The Bertz CT molecular complexity index is 157. The van der Waals surface area contributed by atoms with Gasteiger partial charge >= 0.3 is 0 Å². The molecule has 0 rings (SSSR count). The van der Waals surface area contributed by atoms with Crippen LogP contribution in [-0.4, -0.2) is 19.2 Å². The summed E-state index contributed by atoms with van der Waals surface area (Å²) in [6.45, 7) is 3.84. The highest BCUT2D eigenvalue weighted by Crippen LogP contribution is 2.17. The van der Waals surface area contributed by atoms with Gasteiger partial charge in [0, 0.05) is 18.9 Å². The first-order valence-electron chi connectivity index (χ1n) is 4.38. The lowest BCUT2D eigenvalue weighted by Gasteiger charge is -2.17. The molecule has 12 heavy (non-hydrogen) atoms. The van der Waals surface area contributed by atoms with Gasteiger partial charge in [0.25, 0.3) is 0 Å². The van der Waals surface area contributed by atoms with Crippen LogP contribution in [0.5, 0.6) is 0 Å². The van der Waals surface area contributed by atoms with Gasteiger partial charge < -0.3 is 10.1 Å². The van der Waals surface area contributed by atoms with Gasteiger partial charge in [-0.1, -0.05) is 13.8 Å². The van der Waals surface area contributed by atoms with Gasteiger partial charge in [0.15, 0.2) is 0 Å². The zero-order valence-electron chi connectivity index (χ0n) is 7.96. The normalized spacial score (nSPS) is 14.9. The number of hydrogen-bond acceptors (Lipinski definition) is 2. The molecule has 0 aliphatic heterocycles. The van der Waals surface area contributed by atoms with Crippen LogP contribution in [-0.2, 0) is 9.59 Å². The molecule has 1 N–H and O–H groups in total. The van der Waals surface area contributed by atoms with Gasteiger partial charge in [-0.15, -0.1) is 0 Å². The number of aldehydes is 1. The third-order valence-electron chi connectivity index (χ3n) is 2.19. The van der Waals surface area contributed by atoms with Gasteiger partial charge in [-0.2, -0.15) is 0 Å². The zero-order chi connectivity index (χ0) is 9.56. The highest BCUT2D eigenvalue weighted by Gasteiger charge is 2.23. The fraction of sp³-hybridized carbons (Fsp3) is 0.778. The van der Waals surface area contributed by atoms with Crippen LogP contribution >= 0.6 is 0 Å². The van der Waals surface area contributed by atoms with Crippen molar-refractivity contribution in [2.24, 2.45) is 11.8 Å². The number of carbonyl (C=O) groups is 2. The summed E-state index contributed by atoms with van der Waals surface area (Å²) in [6.07, 6.45) is 2.33. The molecule has 0 aromatic carbocycles.